The van der Waals surface area contributed by atoms with Gasteiger partial charge in [0.05, 0.1) is 80.0 Å². The van der Waals surface area contributed by atoms with Gasteiger partial charge in [-0.15, -0.1) is 34.9 Å². The molecule has 4 N–H and O–H groups in total. The first-order valence-electron chi connectivity index (χ1n) is 27.7. The van der Waals surface area contributed by atoms with Gasteiger partial charge in [-0.2, -0.15) is 0 Å². The molecule has 1 aromatic heterocycles. The number of carboxylic acid groups (broad SMARTS) is 1. The zero-order chi connectivity index (χ0) is 61.5. The second-order valence-electron chi connectivity index (χ2n) is 22.0. The molecule has 24 nitrogen and oxygen atoms in total. The van der Waals surface area contributed by atoms with Crippen molar-refractivity contribution >= 4 is 106 Å². The third-order valence-electron chi connectivity index (χ3n) is 15.1. The van der Waals surface area contributed by atoms with Crippen molar-refractivity contribution in [1.29, 1.82) is 0 Å². The first-order valence-corrected chi connectivity index (χ1v) is 30.7. The van der Waals surface area contributed by atoms with E-state index in [9.17, 15) is 57.8 Å². The number of amides is 8. The topological polar surface area (TPSA) is 307 Å². The van der Waals surface area contributed by atoms with Crippen molar-refractivity contribution < 1.29 is 76.8 Å². The smallest absolute Gasteiger partial charge is 0.313 e. The monoisotopic (exact) mass is 1220 g/mol. The fourth-order valence-electron chi connectivity index (χ4n) is 9.24. The molecule has 0 saturated carbocycles. The number of hydrogen-bond donors (Lipinski definition) is 4. The number of carbonyl (C=O) groups excluding carboxylic acids is 10. The molecule has 4 bridgehead atoms. The van der Waals surface area contributed by atoms with Crippen molar-refractivity contribution in [3.8, 4) is 5.75 Å². The Morgan fingerprint density at radius 3 is 2.02 bits per heavy atom. The van der Waals surface area contributed by atoms with Crippen LogP contribution in [0.15, 0.2) is 23.6 Å². The Morgan fingerprint density at radius 1 is 0.867 bits per heavy atom. The van der Waals surface area contributed by atoms with Gasteiger partial charge in [0.25, 0.3) is 5.91 Å². The zero-order valence-electron chi connectivity index (χ0n) is 49.1. The van der Waals surface area contributed by atoms with Gasteiger partial charge in [0, 0.05) is 55.8 Å². The molecule has 458 valence electrons. The summed E-state index contributed by atoms with van der Waals surface area (Å²) in [5.41, 5.74) is -0.428. The number of nitrogens with one attached hydrogen (secondary N) is 3. The number of thiazole rings is 1. The van der Waals surface area contributed by atoms with Crippen LogP contribution in [0.2, 0.25) is 0 Å². The average Bonchev–Trinajstić information content (AvgIpc) is 4.34. The van der Waals surface area contributed by atoms with Crippen LogP contribution in [0.4, 0.5) is 5.69 Å². The standard InChI is InChI=1S/C56H80N8O16S3/c1-12-32(4)48(60-55(76)56(7,8)61(9)10)53(73)62(11)39(31(2)3)26-41(79-34(6)65)50-59-38(29-81-50)49(70)57-36(23-33(5)54(74)75)24-35-13-14-40-37(25-35)58-44(66)15-19-77-21-17-63-45(67)27-42(51(63)71)82-30-83-43-28-46(68)64(52(43)72)18-22-78-20-16-47(69)80-40/h13-14,25,29,31-33,36,39,41-43,48H,12,15-24,26-28,30H2,1-11H3,(H,57,70)(H,58,66)(H,60,76)(H,74,75)/t32-,33?,36+,39+,41+,42?,43?,48-/m0/s1. The minimum Gasteiger partial charge on any atom is -0.481 e. The number of likely N-dealkylation sites (N-methyl/N-ethyl adjacent to an activating group) is 2. The molecule has 2 aromatic rings. The van der Waals surface area contributed by atoms with Gasteiger partial charge in [0.2, 0.25) is 41.4 Å². The van der Waals surface area contributed by atoms with Gasteiger partial charge in [-0.05, 0) is 70.3 Å². The van der Waals surface area contributed by atoms with Crippen molar-refractivity contribution in [1.82, 2.24) is 35.2 Å². The number of thioether (sulfide) groups is 2. The molecule has 3 aliphatic rings. The van der Waals surface area contributed by atoms with Crippen LogP contribution in [0.5, 0.6) is 5.75 Å². The Hall–Kier alpha value is -6.00. The minimum absolute atomic E-state index is 0.0143. The van der Waals surface area contributed by atoms with Crippen molar-refractivity contribution in [2.24, 2.45) is 17.8 Å². The lowest BCUT2D eigenvalue weighted by Gasteiger charge is -2.38. The molecular formula is C56H80N8O16S3. The molecule has 3 aliphatic heterocycles. The number of hydrogen-bond acceptors (Lipinski definition) is 20. The first kappa shape index (κ1) is 67.8. The molecule has 3 unspecified atom stereocenters. The van der Waals surface area contributed by atoms with Crippen molar-refractivity contribution in [3.05, 3.63) is 39.8 Å². The lowest BCUT2D eigenvalue weighted by Crippen LogP contribution is -2.60. The summed E-state index contributed by atoms with van der Waals surface area (Å²) in [5.74, 6) is -7.30. The van der Waals surface area contributed by atoms with E-state index >= 15 is 0 Å². The minimum atomic E-state index is -1.12. The lowest BCUT2D eigenvalue weighted by atomic mass is 9.92. The van der Waals surface area contributed by atoms with Gasteiger partial charge < -0.3 is 44.9 Å². The summed E-state index contributed by atoms with van der Waals surface area (Å²) < 4.78 is 22.8. The number of carboxylic acids is 1. The lowest BCUT2D eigenvalue weighted by molar-refractivity contribution is -0.149. The van der Waals surface area contributed by atoms with E-state index in [-0.39, 0.29) is 142 Å². The summed E-state index contributed by atoms with van der Waals surface area (Å²) >= 11 is 3.51. The number of benzene rings is 1. The van der Waals surface area contributed by atoms with E-state index in [1.54, 1.807) is 50.9 Å². The Kier molecular flexibility index (Phi) is 25.5. The van der Waals surface area contributed by atoms with Crippen molar-refractivity contribution in [2.45, 2.75) is 147 Å². The average molecular weight is 1220 g/mol. The largest absolute Gasteiger partial charge is 0.481 e. The molecule has 5 rings (SSSR count). The summed E-state index contributed by atoms with van der Waals surface area (Å²) in [6.45, 7) is 13.5. The van der Waals surface area contributed by atoms with E-state index in [0.29, 0.717) is 17.1 Å². The SMILES string of the molecule is CC[C@H](C)[C@H](NC(=O)C(C)(C)N(C)C)C(=O)N(C)[C@H](C[C@@H](OC(C)=O)c1nc(C(=O)N[C@@H](Cc2ccc3c(c2)NC(=O)CCOCCN2C(=O)CC(SCSC4CC(=O)N(CCOCCC(=O)O3)C4=O)C2=O)CC(C)C(=O)O)cs1)C(C)C. The van der Waals surface area contributed by atoms with Gasteiger partial charge in [0.15, 0.2) is 11.9 Å². The number of imide groups is 2. The predicted octanol–water partition coefficient (Wildman–Crippen LogP) is 4.29. The molecule has 2 saturated heterocycles. The molecule has 2 fully saturated rings. The Morgan fingerprint density at radius 2 is 1.47 bits per heavy atom. The van der Waals surface area contributed by atoms with Gasteiger partial charge >= 0.3 is 17.9 Å². The van der Waals surface area contributed by atoms with Crippen molar-refractivity contribution in [2.75, 3.05) is 71.1 Å². The summed E-state index contributed by atoms with van der Waals surface area (Å²) in [4.78, 5) is 155. The summed E-state index contributed by atoms with van der Waals surface area (Å²) in [7, 11) is 5.20. The number of carbonyl (C=O) groups is 11. The fourth-order valence-corrected chi connectivity index (χ4v) is 12.8. The Bertz CT molecular complexity index is 2700. The van der Waals surface area contributed by atoms with Gasteiger partial charge in [-0.25, -0.2) is 4.98 Å². The highest BCUT2D eigenvalue weighted by Crippen LogP contribution is 2.35. The van der Waals surface area contributed by atoms with E-state index < -0.39 is 87.7 Å². The fraction of sp³-hybridized carbons (Fsp3) is 0.643. The van der Waals surface area contributed by atoms with Gasteiger partial charge in [-0.3, -0.25) is 67.4 Å². The number of rotatable bonds is 19. The second kappa shape index (κ2) is 31.2. The molecule has 0 radical (unpaired) electrons. The maximum absolute atomic E-state index is 14.4. The van der Waals surface area contributed by atoms with Crippen LogP contribution < -0.4 is 20.7 Å². The van der Waals surface area contributed by atoms with E-state index in [0.717, 1.165) is 21.1 Å². The molecule has 8 amide bonds. The number of fused-ring (bicyclic) bond motifs is 5. The first-order chi connectivity index (χ1) is 39.1. The number of anilines is 1. The molecule has 83 heavy (non-hydrogen) atoms. The molecule has 27 heteroatoms. The van der Waals surface area contributed by atoms with Crippen LogP contribution in [-0.2, 0) is 68.6 Å². The number of aromatic nitrogens is 1. The maximum Gasteiger partial charge on any atom is 0.313 e. The molecule has 8 atom stereocenters. The third kappa shape index (κ3) is 19.0. The van der Waals surface area contributed by atoms with E-state index in [1.807, 2.05) is 27.7 Å². The van der Waals surface area contributed by atoms with Crippen molar-refractivity contribution in [3.63, 3.8) is 0 Å². The van der Waals surface area contributed by atoms with Crippen LogP contribution in [0, 0.1) is 17.8 Å². The van der Waals surface area contributed by atoms with Crippen LogP contribution in [0.25, 0.3) is 0 Å². The highest BCUT2D eigenvalue weighted by atomic mass is 32.2. The van der Waals surface area contributed by atoms with Crippen LogP contribution in [-0.4, -0.2) is 195 Å². The number of nitrogens with zero attached hydrogens (tertiary/aromatic N) is 5. The predicted molar refractivity (Wildman–Crippen MR) is 310 cm³/mol. The third-order valence-corrected chi connectivity index (χ3v) is 18.6. The molecule has 0 aliphatic carbocycles. The summed E-state index contributed by atoms with van der Waals surface area (Å²) in [5, 5.41) is 19.4. The van der Waals surface area contributed by atoms with Crippen LogP contribution >= 0.6 is 34.9 Å². The summed E-state index contributed by atoms with van der Waals surface area (Å²) in [6, 6.07) is 2.29. The number of ether oxygens (including phenoxy) is 4. The van der Waals surface area contributed by atoms with Gasteiger partial charge in [-0.1, -0.05) is 47.1 Å². The quantitative estimate of drug-likeness (QED) is 0.0866. The maximum atomic E-state index is 14.4. The number of aliphatic carboxylic acids is 1. The zero-order valence-corrected chi connectivity index (χ0v) is 51.6. The normalized spacial score (nSPS) is 20.4. The highest BCUT2D eigenvalue weighted by molar-refractivity contribution is 8.17. The van der Waals surface area contributed by atoms with E-state index in [4.69, 9.17) is 18.9 Å². The molecular weight excluding hydrogens is 1140 g/mol. The molecule has 1 aromatic carbocycles. The number of esters is 2. The van der Waals surface area contributed by atoms with Crippen LogP contribution in [0.3, 0.4) is 0 Å². The van der Waals surface area contributed by atoms with Crippen LogP contribution in [0.1, 0.15) is 127 Å². The highest BCUT2D eigenvalue weighted by Gasteiger charge is 2.42. The Balaban J connectivity index is 1.34. The van der Waals surface area contributed by atoms with Gasteiger partial charge in [0.1, 0.15) is 16.7 Å². The summed E-state index contributed by atoms with van der Waals surface area (Å²) in [6.07, 6.45) is -0.830. The molecule has 0 spiro atoms. The second-order valence-corrected chi connectivity index (χ2v) is 25.6. The van der Waals surface area contributed by atoms with E-state index in [2.05, 4.69) is 20.9 Å². The Labute approximate surface area is 496 Å². The van der Waals surface area contributed by atoms with E-state index in [1.165, 1.54) is 54.9 Å². The molecule has 4 heterocycles.